The zero-order valence-corrected chi connectivity index (χ0v) is 18.3. The minimum Gasteiger partial charge on any atom is -0.403 e. The van der Waals surface area contributed by atoms with E-state index in [9.17, 15) is 18.4 Å². The van der Waals surface area contributed by atoms with Gasteiger partial charge in [0, 0.05) is 28.4 Å². The summed E-state index contributed by atoms with van der Waals surface area (Å²) in [5.74, 6) is -0.343. The molecule has 0 amide bonds. The maximum absolute atomic E-state index is 13.1. The summed E-state index contributed by atoms with van der Waals surface area (Å²) in [6.45, 7) is 0.921. The van der Waals surface area contributed by atoms with Gasteiger partial charge in [0.25, 0.3) is 0 Å². The summed E-state index contributed by atoms with van der Waals surface area (Å²) in [6.07, 6.45) is -4.84. The first-order valence-corrected chi connectivity index (χ1v) is 10.7. The molecule has 2 heterocycles. The van der Waals surface area contributed by atoms with Crippen molar-refractivity contribution in [3.63, 3.8) is 0 Å². The Morgan fingerprint density at radius 3 is 2.47 bits per heavy atom. The van der Waals surface area contributed by atoms with Gasteiger partial charge in [0.1, 0.15) is 5.69 Å². The Morgan fingerprint density at radius 2 is 1.74 bits per heavy atom. The van der Waals surface area contributed by atoms with Crippen LogP contribution in [0.4, 0.5) is 18.9 Å². The number of nitrogens with zero attached hydrogens (tertiary/aromatic N) is 4. The Kier molecular flexibility index (Phi) is 5.42. The van der Waals surface area contributed by atoms with E-state index in [4.69, 9.17) is 16.7 Å². The number of halogens is 4. The molecule has 1 aromatic heterocycles. The number of aromatic nitrogens is 2. The molecule has 0 bridgehead atoms. The Bertz CT molecular complexity index is 1410. The lowest BCUT2D eigenvalue weighted by Gasteiger charge is -2.20. The molecule has 0 N–H and O–H groups in total. The number of rotatable bonds is 4. The molecule has 0 fully saturated rings. The first-order chi connectivity index (χ1) is 16.3. The summed E-state index contributed by atoms with van der Waals surface area (Å²) in [5, 5.41) is 14.5. The van der Waals surface area contributed by atoms with Crippen molar-refractivity contribution in [2.75, 3.05) is 4.90 Å². The lowest BCUT2D eigenvalue weighted by atomic mass is 10.1. The fourth-order valence-corrected chi connectivity index (χ4v) is 4.22. The molecule has 0 radical (unpaired) electrons. The standard InChI is InChI=1S/C25H16ClF3N4O/c26-18-10-8-17(9-11-18)24-20-14-32(19-5-3-4-16(12-19)13-30)15-21(20)31-33(24)22-6-1-2-7-23(22)34-25(27,28)29/h1-12H,14-15H2. The van der Waals surface area contributed by atoms with E-state index in [-0.39, 0.29) is 11.4 Å². The molecular formula is C25H16ClF3N4O. The molecule has 4 aromatic rings. The van der Waals surface area contributed by atoms with Crippen molar-refractivity contribution in [1.82, 2.24) is 9.78 Å². The highest BCUT2D eigenvalue weighted by atomic mass is 35.5. The van der Waals surface area contributed by atoms with Crippen LogP contribution in [0.1, 0.15) is 16.8 Å². The Balaban J connectivity index is 1.63. The van der Waals surface area contributed by atoms with Crippen LogP contribution >= 0.6 is 11.6 Å². The van der Waals surface area contributed by atoms with Crippen LogP contribution in [0, 0.1) is 11.3 Å². The van der Waals surface area contributed by atoms with Crippen molar-refractivity contribution in [2.24, 2.45) is 0 Å². The molecule has 1 aliphatic rings. The van der Waals surface area contributed by atoms with Gasteiger partial charge in [0.05, 0.1) is 29.6 Å². The second-order valence-electron chi connectivity index (χ2n) is 7.73. The van der Waals surface area contributed by atoms with E-state index in [1.807, 2.05) is 24.3 Å². The van der Waals surface area contributed by atoms with Gasteiger partial charge in [-0.3, -0.25) is 0 Å². The largest absolute Gasteiger partial charge is 0.573 e. The van der Waals surface area contributed by atoms with Crippen molar-refractivity contribution in [3.05, 3.63) is 94.6 Å². The van der Waals surface area contributed by atoms with Gasteiger partial charge in [-0.2, -0.15) is 10.4 Å². The third kappa shape index (κ3) is 4.18. The van der Waals surface area contributed by atoms with E-state index < -0.39 is 6.36 Å². The molecule has 0 saturated heterocycles. The van der Waals surface area contributed by atoms with E-state index in [2.05, 4.69) is 15.7 Å². The van der Waals surface area contributed by atoms with Crippen molar-refractivity contribution in [2.45, 2.75) is 19.5 Å². The second kappa shape index (κ2) is 8.43. The van der Waals surface area contributed by atoms with Gasteiger partial charge in [-0.25, -0.2) is 4.68 Å². The summed E-state index contributed by atoms with van der Waals surface area (Å²) in [4.78, 5) is 2.07. The zero-order chi connectivity index (χ0) is 23.9. The predicted molar refractivity (Wildman–Crippen MR) is 122 cm³/mol. The molecule has 5 rings (SSSR count). The van der Waals surface area contributed by atoms with E-state index in [0.29, 0.717) is 29.4 Å². The fraction of sp³-hybridized carbons (Fsp3) is 0.120. The molecule has 3 aromatic carbocycles. The number of hydrogen-bond acceptors (Lipinski definition) is 4. The minimum absolute atomic E-state index is 0.178. The molecule has 0 spiro atoms. The number of alkyl halides is 3. The zero-order valence-electron chi connectivity index (χ0n) is 17.6. The molecule has 0 atom stereocenters. The van der Waals surface area contributed by atoms with E-state index >= 15 is 0 Å². The smallest absolute Gasteiger partial charge is 0.403 e. The number of hydrogen-bond donors (Lipinski definition) is 0. The van der Waals surface area contributed by atoms with Crippen LogP contribution in [0.2, 0.25) is 5.02 Å². The van der Waals surface area contributed by atoms with Crippen LogP contribution in [0.3, 0.4) is 0 Å². The van der Waals surface area contributed by atoms with Crippen molar-refractivity contribution >= 4 is 17.3 Å². The third-order valence-corrected chi connectivity index (χ3v) is 5.79. The van der Waals surface area contributed by atoms with Gasteiger partial charge < -0.3 is 9.64 Å². The monoisotopic (exact) mass is 480 g/mol. The number of ether oxygens (including phenoxy) is 1. The number of anilines is 1. The Hall–Kier alpha value is -3.96. The third-order valence-electron chi connectivity index (χ3n) is 5.53. The normalized spacial score (nSPS) is 13.0. The van der Waals surface area contributed by atoms with Crippen LogP contribution in [0.25, 0.3) is 16.9 Å². The lowest BCUT2D eigenvalue weighted by molar-refractivity contribution is -0.274. The quantitative estimate of drug-likeness (QED) is 0.335. The topological polar surface area (TPSA) is 54.1 Å². The van der Waals surface area contributed by atoms with Gasteiger partial charge in [0.2, 0.25) is 0 Å². The molecule has 5 nitrogen and oxygen atoms in total. The average molecular weight is 481 g/mol. The number of nitriles is 1. The van der Waals surface area contributed by atoms with Crippen molar-refractivity contribution < 1.29 is 17.9 Å². The minimum atomic E-state index is -4.84. The Morgan fingerprint density at radius 1 is 0.971 bits per heavy atom. The van der Waals surface area contributed by atoms with Crippen LogP contribution in [-0.4, -0.2) is 16.1 Å². The summed E-state index contributed by atoms with van der Waals surface area (Å²) in [7, 11) is 0. The van der Waals surface area contributed by atoms with E-state index in [1.54, 1.807) is 30.3 Å². The molecule has 0 saturated carbocycles. The van der Waals surface area contributed by atoms with Crippen molar-refractivity contribution in [3.8, 4) is 28.8 Å². The molecule has 170 valence electrons. The SMILES string of the molecule is N#Cc1cccc(N2Cc3nn(-c4ccccc4OC(F)(F)F)c(-c4ccc(Cl)cc4)c3C2)c1. The Labute approximate surface area is 198 Å². The average Bonchev–Trinajstić information content (AvgIpc) is 3.37. The molecule has 0 unspecified atom stereocenters. The van der Waals surface area contributed by atoms with E-state index in [1.165, 1.54) is 22.9 Å². The molecular weight excluding hydrogens is 465 g/mol. The molecule has 9 heteroatoms. The predicted octanol–water partition coefficient (Wildman–Crippen LogP) is 6.48. The highest BCUT2D eigenvalue weighted by Gasteiger charge is 2.34. The highest BCUT2D eigenvalue weighted by molar-refractivity contribution is 6.30. The van der Waals surface area contributed by atoms with Gasteiger partial charge in [-0.05, 0) is 42.5 Å². The second-order valence-corrected chi connectivity index (χ2v) is 8.16. The maximum Gasteiger partial charge on any atom is 0.573 e. The van der Waals surface area contributed by atoms with Crippen LogP contribution in [0.15, 0.2) is 72.8 Å². The molecule has 1 aliphatic heterocycles. The van der Waals surface area contributed by atoms with Crippen LogP contribution in [-0.2, 0) is 13.1 Å². The lowest BCUT2D eigenvalue weighted by Crippen LogP contribution is -2.19. The summed E-state index contributed by atoms with van der Waals surface area (Å²) in [5.41, 5.74) is 4.61. The van der Waals surface area contributed by atoms with Crippen LogP contribution in [0.5, 0.6) is 5.75 Å². The summed E-state index contributed by atoms with van der Waals surface area (Å²) >= 11 is 6.07. The van der Waals surface area contributed by atoms with Gasteiger partial charge in [0.15, 0.2) is 5.75 Å². The fourth-order valence-electron chi connectivity index (χ4n) is 4.09. The number of fused-ring (bicyclic) bond motifs is 1. The molecule has 34 heavy (non-hydrogen) atoms. The highest BCUT2D eigenvalue weighted by Crippen LogP contribution is 2.39. The number of para-hydroxylation sites is 2. The van der Waals surface area contributed by atoms with Crippen molar-refractivity contribution in [1.29, 1.82) is 5.26 Å². The molecule has 0 aliphatic carbocycles. The van der Waals surface area contributed by atoms with E-state index in [0.717, 1.165) is 22.5 Å². The van der Waals surface area contributed by atoms with Gasteiger partial charge >= 0.3 is 6.36 Å². The van der Waals surface area contributed by atoms with Gasteiger partial charge in [-0.15, -0.1) is 13.2 Å². The first-order valence-electron chi connectivity index (χ1n) is 10.3. The van der Waals surface area contributed by atoms with Gasteiger partial charge in [-0.1, -0.05) is 41.9 Å². The summed E-state index contributed by atoms with van der Waals surface area (Å²) < 4.78 is 45.0. The number of benzene rings is 3. The summed E-state index contributed by atoms with van der Waals surface area (Å²) in [6, 6.07) is 22.4. The van der Waals surface area contributed by atoms with Crippen LogP contribution < -0.4 is 9.64 Å². The first kappa shape index (κ1) is 21.9. The maximum atomic E-state index is 13.1.